The standard InChI is InChI=1S/C22H21F3N2O3S/c1-29-21(22(23,24)25,17-5-3-2-4-6-17)20-26-19(15-30-20)16-7-9-18(10-8-16)27-11-13-31(28)14-12-27/h2-10,15H,11-14H2,1H3. The molecule has 0 radical (unpaired) electrons. The Morgan fingerprint density at radius 3 is 2.26 bits per heavy atom. The predicted octanol–water partition coefficient (Wildman–Crippen LogP) is 4.36. The Hall–Kier alpha value is -2.65. The molecule has 0 amide bonds. The van der Waals surface area contributed by atoms with Crippen LogP contribution in [0.25, 0.3) is 11.3 Å². The van der Waals surface area contributed by atoms with Crippen molar-refractivity contribution in [1.29, 1.82) is 0 Å². The molecule has 1 unspecified atom stereocenters. The third-order valence-electron chi connectivity index (χ3n) is 5.40. The van der Waals surface area contributed by atoms with Gasteiger partial charge in [-0.05, 0) is 12.1 Å². The van der Waals surface area contributed by atoms with Crippen LogP contribution in [0, 0.1) is 0 Å². The molecule has 0 N–H and O–H groups in total. The van der Waals surface area contributed by atoms with Crippen molar-refractivity contribution < 1.29 is 26.5 Å². The number of aromatic nitrogens is 1. The molecule has 5 nitrogen and oxygen atoms in total. The van der Waals surface area contributed by atoms with Gasteiger partial charge in [-0.15, -0.1) is 0 Å². The molecule has 1 atom stereocenters. The first-order chi connectivity index (χ1) is 14.8. The van der Waals surface area contributed by atoms with Crippen LogP contribution in [0.15, 0.2) is 65.3 Å². The lowest BCUT2D eigenvalue weighted by atomic mass is 9.92. The third kappa shape index (κ3) is 3.99. The minimum absolute atomic E-state index is 0.115. The summed E-state index contributed by atoms with van der Waals surface area (Å²) in [5.74, 6) is 0.681. The Kier molecular flexibility index (Phi) is 5.90. The van der Waals surface area contributed by atoms with Gasteiger partial charge in [0.05, 0.1) is 0 Å². The van der Waals surface area contributed by atoms with E-state index in [4.69, 9.17) is 9.15 Å². The van der Waals surface area contributed by atoms with Crippen molar-refractivity contribution in [2.75, 3.05) is 36.6 Å². The maximum atomic E-state index is 14.2. The van der Waals surface area contributed by atoms with E-state index >= 15 is 0 Å². The first-order valence-electron chi connectivity index (χ1n) is 9.69. The summed E-state index contributed by atoms with van der Waals surface area (Å²) in [6, 6.07) is 14.6. The Morgan fingerprint density at radius 2 is 1.68 bits per heavy atom. The van der Waals surface area contributed by atoms with Crippen molar-refractivity contribution in [3.05, 3.63) is 72.3 Å². The highest BCUT2D eigenvalue weighted by atomic mass is 32.2. The van der Waals surface area contributed by atoms with Gasteiger partial charge in [0.2, 0.25) is 5.89 Å². The molecule has 0 aliphatic carbocycles. The number of rotatable bonds is 5. The summed E-state index contributed by atoms with van der Waals surface area (Å²) in [6.45, 7) is 1.41. The van der Waals surface area contributed by atoms with Crippen LogP contribution in [-0.4, -0.2) is 47.1 Å². The fourth-order valence-corrected chi connectivity index (χ4v) is 4.76. The van der Waals surface area contributed by atoms with Crippen LogP contribution in [0.1, 0.15) is 11.5 Å². The Labute approximate surface area is 180 Å². The molecule has 0 spiro atoms. The van der Waals surface area contributed by atoms with Crippen molar-refractivity contribution in [2.45, 2.75) is 11.8 Å². The molecule has 1 aliphatic rings. The number of halogens is 3. The van der Waals surface area contributed by atoms with E-state index in [0.717, 1.165) is 12.8 Å². The molecule has 3 aromatic rings. The Bertz CT molecular complexity index is 1040. The molecule has 0 bridgehead atoms. The van der Waals surface area contributed by atoms with Crippen molar-refractivity contribution in [3.63, 3.8) is 0 Å². The van der Waals surface area contributed by atoms with E-state index in [1.165, 1.54) is 30.5 Å². The van der Waals surface area contributed by atoms with Crippen LogP contribution in [0.5, 0.6) is 0 Å². The van der Waals surface area contributed by atoms with Crippen molar-refractivity contribution in [2.24, 2.45) is 0 Å². The van der Waals surface area contributed by atoms with E-state index in [1.54, 1.807) is 18.2 Å². The lowest BCUT2D eigenvalue weighted by molar-refractivity contribution is -0.265. The van der Waals surface area contributed by atoms with Gasteiger partial charge < -0.3 is 14.1 Å². The zero-order valence-corrected chi connectivity index (χ0v) is 17.6. The normalized spacial score (nSPS) is 17.5. The van der Waals surface area contributed by atoms with Crippen LogP contribution in [0.2, 0.25) is 0 Å². The summed E-state index contributed by atoms with van der Waals surface area (Å²) in [4.78, 5) is 6.29. The van der Waals surface area contributed by atoms with Gasteiger partial charge in [-0.3, -0.25) is 4.21 Å². The van der Waals surface area contributed by atoms with Crippen LogP contribution < -0.4 is 4.90 Å². The van der Waals surface area contributed by atoms with E-state index in [1.807, 2.05) is 12.1 Å². The molecule has 31 heavy (non-hydrogen) atoms. The van der Waals surface area contributed by atoms with Gasteiger partial charge in [0.1, 0.15) is 12.0 Å². The van der Waals surface area contributed by atoms with E-state index in [2.05, 4.69) is 9.88 Å². The van der Waals surface area contributed by atoms with E-state index in [0.29, 0.717) is 30.2 Å². The second-order valence-electron chi connectivity index (χ2n) is 7.17. The molecule has 0 saturated carbocycles. The Balaban J connectivity index is 1.65. The molecule has 1 saturated heterocycles. The molecular formula is C22H21F3N2O3S. The highest BCUT2D eigenvalue weighted by Gasteiger charge is 2.61. The maximum absolute atomic E-state index is 14.2. The van der Waals surface area contributed by atoms with Gasteiger partial charge in [0.25, 0.3) is 5.60 Å². The first-order valence-corrected chi connectivity index (χ1v) is 11.2. The number of nitrogens with zero attached hydrogens (tertiary/aromatic N) is 2. The van der Waals surface area contributed by atoms with Crippen molar-refractivity contribution in [3.8, 4) is 11.3 Å². The summed E-state index contributed by atoms with van der Waals surface area (Å²) in [5.41, 5.74) is -1.05. The first kappa shape index (κ1) is 21.6. The second-order valence-corrected chi connectivity index (χ2v) is 8.87. The summed E-state index contributed by atoms with van der Waals surface area (Å²) >= 11 is 0. The van der Waals surface area contributed by atoms with Crippen LogP contribution in [-0.2, 0) is 21.1 Å². The number of methoxy groups -OCH3 is 1. The summed E-state index contributed by atoms with van der Waals surface area (Å²) < 4.78 is 64.4. The van der Waals surface area contributed by atoms with Gasteiger partial charge in [0.15, 0.2) is 0 Å². The number of hydrogen-bond donors (Lipinski definition) is 0. The van der Waals surface area contributed by atoms with Gasteiger partial charge in [0, 0.05) is 59.3 Å². The van der Waals surface area contributed by atoms with Crippen molar-refractivity contribution in [1.82, 2.24) is 4.98 Å². The monoisotopic (exact) mass is 450 g/mol. The number of benzene rings is 2. The van der Waals surface area contributed by atoms with Crippen LogP contribution in [0.4, 0.5) is 18.9 Å². The molecular weight excluding hydrogens is 429 g/mol. The number of oxazole rings is 1. The van der Waals surface area contributed by atoms with Gasteiger partial charge >= 0.3 is 6.18 Å². The minimum Gasteiger partial charge on any atom is -0.445 e. The highest BCUT2D eigenvalue weighted by Crippen LogP contribution is 2.47. The topological polar surface area (TPSA) is 55.6 Å². The fourth-order valence-electron chi connectivity index (χ4n) is 3.71. The highest BCUT2D eigenvalue weighted by molar-refractivity contribution is 7.85. The Morgan fingerprint density at radius 1 is 1.03 bits per heavy atom. The fraction of sp³-hybridized carbons (Fsp3) is 0.318. The molecule has 1 aliphatic heterocycles. The van der Waals surface area contributed by atoms with E-state index in [-0.39, 0.29) is 11.3 Å². The maximum Gasteiger partial charge on any atom is 0.430 e. The van der Waals surface area contributed by atoms with E-state index < -0.39 is 28.5 Å². The predicted molar refractivity (Wildman–Crippen MR) is 112 cm³/mol. The molecule has 1 aromatic heterocycles. The van der Waals surface area contributed by atoms with Crippen LogP contribution >= 0.6 is 0 Å². The number of ether oxygens (including phenoxy) is 1. The molecule has 9 heteroatoms. The quantitative estimate of drug-likeness (QED) is 0.578. The summed E-state index contributed by atoms with van der Waals surface area (Å²) in [7, 11) is 0.224. The smallest absolute Gasteiger partial charge is 0.430 e. The molecule has 2 aromatic carbocycles. The molecule has 164 valence electrons. The largest absolute Gasteiger partial charge is 0.445 e. The average molecular weight is 450 g/mol. The number of alkyl halides is 3. The molecule has 1 fully saturated rings. The van der Waals surface area contributed by atoms with Crippen LogP contribution in [0.3, 0.4) is 0 Å². The van der Waals surface area contributed by atoms with Gasteiger partial charge in [-0.2, -0.15) is 13.2 Å². The number of anilines is 1. The zero-order valence-electron chi connectivity index (χ0n) is 16.8. The lowest BCUT2D eigenvalue weighted by Gasteiger charge is -2.31. The summed E-state index contributed by atoms with van der Waals surface area (Å²) in [5, 5.41) is 0. The third-order valence-corrected chi connectivity index (χ3v) is 6.67. The second kappa shape index (κ2) is 8.47. The molecule has 4 rings (SSSR count). The van der Waals surface area contributed by atoms with Gasteiger partial charge in [-0.25, -0.2) is 4.98 Å². The molecule has 2 heterocycles. The van der Waals surface area contributed by atoms with Crippen molar-refractivity contribution >= 4 is 16.5 Å². The average Bonchev–Trinajstić information content (AvgIpc) is 3.25. The van der Waals surface area contributed by atoms with E-state index in [9.17, 15) is 17.4 Å². The SMILES string of the molecule is COC(c1ccccc1)(c1nc(-c2ccc(N3CCS(=O)CC3)cc2)co1)C(F)(F)F. The van der Waals surface area contributed by atoms with Gasteiger partial charge in [-0.1, -0.05) is 42.5 Å². The lowest BCUT2D eigenvalue weighted by Crippen LogP contribution is -2.45. The number of hydrogen-bond acceptors (Lipinski definition) is 5. The minimum atomic E-state index is -4.79. The zero-order chi connectivity index (χ0) is 22.1. The summed E-state index contributed by atoms with van der Waals surface area (Å²) in [6.07, 6.45) is -3.58.